The molecule has 0 heterocycles. The smallest absolute Gasteiger partial charge is 0.338 e. The van der Waals surface area contributed by atoms with Gasteiger partial charge in [-0.3, -0.25) is 0 Å². The molecule has 0 amide bonds. The molecule has 0 saturated heterocycles. The van der Waals surface area contributed by atoms with Crippen LogP contribution in [-0.4, -0.2) is 25.3 Å². The number of benzene rings is 2. The standard InChI is InChI=1S/C20H21FO3/c1-23-18-10-12-19(13-11-18)24-20(22)16-4-2-14(3-5-16)15-6-8-17(21)9-7-15/h2-9,18-19H,10-13H2,1H3/t18-,19-. The summed E-state index contributed by atoms with van der Waals surface area (Å²) in [5.41, 5.74) is 2.39. The van der Waals surface area contributed by atoms with E-state index in [0.717, 1.165) is 36.8 Å². The molecule has 0 bridgehead atoms. The molecule has 1 aliphatic rings. The van der Waals surface area contributed by atoms with Crippen LogP contribution in [0.3, 0.4) is 0 Å². The van der Waals surface area contributed by atoms with E-state index in [2.05, 4.69) is 0 Å². The molecule has 0 aromatic heterocycles. The van der Waals surface area contributed by atoms with Gasteiger partial charge in [0.05, 0.1) is 11.7 Å². The van der Waals surface area contributed by atoms with Crippen LogP contribution in [0.2, 0.25) is 0 Å². The van der Waals surface area contributed by atoms with Crippen molar-refractivity contribution in [3.05, 3.63) is 59.9 Å². The second-order valence-electron chi connectivity index (χ2n) is 6.12. The summed E-state index contributed by atoms with van der Waals surface area (Å²) in [6, 6.07) is 13.5. The third-order valence-corrected chi connectivity index (χ3v) is 4.53. The van der Waals surface area contributed by atoms with Crippen molar-refractivity contribution in [3.63, 3.8) is 0 Å². The first-order valence-corrected chi connectivity index (χ1v) is 8.25. The molecule has 0 aliphatic heterocycles. The van der Waals surface area contributed by atoms with Crippen molar-refractivity contribution in [1.29, 1.82) is 0 Å². The summed E-state index contributed by atoms with van der Waals surface area (Å²) in [6.07, 6.45) is 3.81. The van der Waals surface area contributed by atoms with E-state index in [1.807, 2.05) is 12.1 Å². The highest BCUT2D eigenvalue weighted by atomic mass is 19.1. The van der Waals surface area contributed by atoms with Crippen LogP contribution in [0, 0.1) is 5.82 Å². The number of rotatable bonds is 4. The maximum absolute atomic E-state index is 13.0. The van der Waals surface area contributed by atoms with E-state index in [4.69, 9.17) is 9.47 Å². The number of methoxy groups -OCH3 is 1. The zero-order valence-electron chi connectivity index (χ0n) is 13.7. The Labute approximate surface area is 141 Å². The predicted octanol–water partition coefficient (Wildman–Crippen LogP) is 4.61. The lowest BCUT2D eigenvalue weighted by Crippen LogP contribution is -2.27. The van der Waals surface area contributed by atoms with Crippen LogP contribution in [0.1, 0.15) is 36.0 Å². The Morgan fingerprint density at radius 3 is 1.92 bits per heavy atom. The topological polar surface area (TPSA) is 35.5 Å². The van der Waals surface area contributed by atoms with E-state index >= 15 is 0 Å². The molecule has 1 fully saturated rings. The van der Waals surface area contributed by atoms with Gasteiger partial charge in [0.25, 0.3) is 0 Å². The fourth-order valence-electron chi connectivity index (χ4n) is 3.05. The predicted molar refractivity (Wildman–Crippen MR) is 90.3 cm³/mol. The first-order valence-electron chi connectivity index (χ1n) is 8.25. The molecule has 24 heavy (non-hydrogen) atoms. The van der Waals surface area contributed by atoms with Crippen molar-refractivity contribution in [2.45, 2.75) is 37.9 Å². The zero-order valence-corrected chi connectivity index (χ0v) is 13.7. The summed E-state index contributed by atoms with van der Waals surface area (Å²) in [6.45, 7) is 0. The maximum Gasteiger partial charge on any atom is 0.338 e. The number of esters is 1. The molecule has 0 radical (unpaired) electrons. The van der Waals surface area contributed by atoms with Crippen LogP contribution in [0.4, 0.5) is 4.39 Å². The number of carbonyl (C=O) groups excluding carboxylic acids is 1. The molecular weight excluding hydrogens is 307 g/mol. The molecule has 4 heteroatoms. The summed E-state index contributed by atoms with van der Waals surface area (Å²) in [7, 11) is 1.72. The van der Waals surface area contributed by atoms with Crippen LogP contribution in [0.15, 0.2) is 48.5 Å². The summed E-state index contributed by atoms with van der Waals surface area (Å²) in [4.78, 5) is 12.3. The normalized spacial score (nSPS) is 20.6. The SMILES string of the molecule is CO[C@H]1CC[C@H](OC(=O)c2ccc(-c3ccc(F)cc3)cc2)CC1. The molecule has 1 saturated carbocycles. The van der Waals surface area contributed by atoms with Gasteiger partial charge in [0.1, 0.15) is 11.9 Å². The van der Waals surface area contributed by atoms with Gasteiger partial charge in [0, 0.05) is 7.11 Å². The second kappa shape index (κ2) is 7.58. The molecule has 0 unspecified atom stereocenters. The number of ether oxygens (including phenoxy) is 2. The van der Waals surface area contributed by atoms with Crippen LogP contribution in [0.25, 0.3) is 11.1 Å². The van der Waals surface area contributed by atoms with E-state index in [-0.39, 0.29) is 24.0 Å². The number of halogens is 1. The summed E-state index contributed by atoms with van der Waals surface area (Å²) >= 11 is 0. The van der Waals surface area contributed by atoms with E-state index in [9.17, 15) is 9.18 Å². The fourth-order valence-corrected chi connectivity index (χ4v) is 3.05. The minimum absolute atomic E-state index is 0.0272. The number of hydrogen-bond acceptors (Lipinski definition) is 3. The van der Waals surface area contributed by atoms with Crippen molar-refractivity contribution < 1.29 is 18.7 Å². The minimum atomic E-state index is -0.290. The molecule has 2 aromatic carbocycles. The van der Waals surface area contributed by atoms with E-state index < -0.39 is 0 Å². The van der Waals surface area contributed by atoms with Gasteiger partial charge in [-0.1, -0.05) is 24.3 Å². The Morgan fingerprint density at radius 1 is 0.875 bits per heavy atom. The molecular formula is C20H21FO3. The summed E-state index contributed by atoms with van der Waals surface area (Å²) in [5.74, 6) is -0.552. The van der Waals surface area contributed by atoms with Gasteiger partial charge < -0.3 is 9.47 Å². The molecule has 0 N–H and O–H groups in total. The van der Waals surface area contributed by atoms with Gasteiger partial charge in [-0.25, -0.2) is 9.18 Å². The molecule has 2 aromatic rings. The zero-order chi connectivity index (χ0) is 16.9. The van der Waals surface area contributed by atoms with Crippen LogP contribution < -0.4 is 0 Å². The van der Waals surface area contributed by atoms with Gasteiger partial charge >= 0.3 is 5.97 Å². The number of hydrogen-bond donors (Lipinski definition) is 0. The van der Waals surface area contributed by atoms with E-state index in [0.29, 0.717) is 5.56 Å². The molecule has 3 rings (SSSR count). The van der Waals surface area contributed by atoms with Gasteiger partial charge in [-0.05, 0) is 61.1 Å². The lowest BCUT2D eigenvalue weighted by Gasteiger charge is -2.27. The van der Waals surface area contributed by atoms with Crippen molar-refractivity contribution in [1.82, 2.24) is 0 Å². The van der Waals surface area contributed by atoms with E-state index in [1.165, 1.54) is 12.1 Å². The van der Waals surface area contributed by atoms with Crippen molar-refractivity contribution >= 4 is 5.97 Å². The Hall–Kier alpha value is -2.20. The fraction of sp³-hybridized carbons (Fsp3) is 0.350. The van der Waals surface area contributed by atoms with Gasteiger partial charge in [0.15, 0.2) is 0 Å². The average Bonchev–Trinajstić information content (AvgIpc) is 2.63. The molecule has 0 atom stereocenters. The highest BCUT2D eigenvalue weighted by Gasteiger charge is 2.24. The highest BCUT2D eigenvalue weighted by molar-refractivity contribution is 5.90. The Morgan fingerprint density at radius 2 is 1.38 bits per heavy atom. The van der Waals surface area contributed by atoms with Gasteiger partial charge in [-0.15, -0.1) is 0 Å². The second-order valence-corrected chi connectivity index (χ2v) is 6.12. The molecule has 0 spiro atoms. The molecule has 126 valence electrons. The summed E-state index contributed by atoms with van der Waals surface area (Å²) < 4.78 is 23.9. The maximum atomic E-state index is 13.0. The largest absolute Gasteiger partial charge is 0.459 e. The first-order chi connectivity index (χ1) is 11.7. The quantitative estimate of drug-likeness (QED) is 0.769. The van der Waals surface area contributed by atoms with Crippen molar-refractivity contribution in [3.8, 4) is 11.1 Å². The lowest BCUT2D eigenvalue weighted by molar-refractivity contribution is -0.00540. The third-order valence-electron chi connectivity index (χ3n) is 4.53. The average molecular weight is 328 g/mol. The monoisotopic (exact) mass is 328 g/mol. The first kappa shape index (κ1) is 16.7. The third kappa shape index (κ3) is 4.01. The Balaban J connectivity index is 1.61. The van der Waals surface area contributed by atoms with Gasteiger partial charge in [-0.2, -0.15) is 0 Å². The highest BCUT2D eigenvalue weighted by Crippen LogP contribution is 2.25. The van der Waals surface area contributed by atoms with Crippen molar-refractivity contribution in [2.24, 2.45) is 0 Å². The minimum Gasteiger partial charge on any atom is -0.459 e. The number of carbonyl (C=O) groups is 1. The van der Waals surface area contributed by atoms with Crippen LogP contribution in [-0.2, 0) is 9.47 Å². The molecule has 3 nitrogen and oxygen atoms in total. The summed E-state index contributed by atoms with van der Waals surface area (Å²) in [5, 5.41) is 0. The van der Waals surface area contributed by atoms with Crippen LogP contribution in [0.5, 0.6) is 0 Å². The Kier molecular flexibility index (Phi) is 5.26. The van der Waals surface area contributed by atoms with Crippen LogP contribution >= 0.6 is 0 Å². The lowest BCUT2D eigenvalue weighted by atomic mass is 9.95. The van der Waals surface area contributed by atoms with Crippen molar-refractivity contribution in [2.75, 3.05) is 7.11 Å². The molecule has 1 aliphatic carbocycles. The van der Waals surface area contributed by atoms with E-state index in [1.54, 1.807) is 31.4 Å². The Bertz CT molecular complexity index is 671. The van der Waals surface area contributed by atoms with Gasteiger partial charge in [0.2, 0.25) is 0 Å².